The summed E-state index contributed by atoms with van der Waals surface area (Å²) in [5.74, 6) is 0.197. The minimum absolute atomic E-state index is 0.197. The third-order valence-electron chi connectivity index (χ3n) is 4.19. The van der Waals surface area contributed by atoms with Crippen molar-refractivity contribution in [3.8, 4) is 10.6 Å². The molecule has 2 aromatic rings. The molecule has 5 nitrogen and oxygen atoms in total. The molecular formula is C17H23N3O2S. The summed E-state index contributed by atoms with van der Waals surface area (Å²) in [6, 6.07) is 2.26. The van der Waals surface area contributed by atoms with Crippen molar-refractivity contribution < 1.29 is 9.21 Å². The summed E-state index contributed by atoms with van der Waals surface area (Å²) >= 11 is 1.56. The molecule has 6 heteroatoms. The van der Waals surface area contributed by atoms with E-state index in [-0.39, 0.29) is 5.91 Å². The van der Waals surface area contributed by atoms with Gasteiger partial charge >= 0.3 is 0 Å². The van der Waals surface area contributed by atoms with Crippen LogP contribution in [0, 0.1) is 0 Å². The average molecular weight is 333 g/mol. The van der Waals surface area contributed by atoms with E-state index in [1.54, 1.807) is 23.9 Å². The van der Waals surface area contributed by atoms with Crippen molar-refractivity contribution in [1.82, 2.24) is 15.2 Å². The summed E-state index contributed by atoms with van der Waals surface area (Å²) in [6.45, 7) is 4.96. The quantitative estimate of drug-likeness (QED) is 0.883. The van der Waals surface area contributed by atoms with Crippen LogP contribution < -0.4 is 5.32 Å². The van der Waals surface area contributed by atoms with Gasteiger partial charge in [-0.25, -0.2) is 4.98 Å². The van der Waals surface area contributed by atoms with Crippen LogP contribution in [0.2, 0.25) is 0 Å². The van der Waals surface area contributed by atoms with Gasteiger partial charge in [0, 0.05) is 23.5 Å². The van der Waals surface area contributed by atoms with Crippen LogP contribution in [-0.4, -0.2) is 41.5 Å². The van der Waals surface area contributed by atoms with Crippen molar-refractivity contribution in [1.29, 1.82) is 0 Å². The Morgan fingerprint density at radius 2 is 2.30 bits per heavy atom. The first-order chi connectivity index (χ1) is 11.3. The lowest BCUT2D eigenvalue weighted by atomic mass is 10.0. The maximum absolute atomic E-state index is 12.7. The van der Waals surface area contributed by atoms with E-state index in [1.165, 1.54) is 0 Å². The lowest BCUT2D eigenvalue weighted by Gasteiger charge is -2.34. The molecule has 0 unspecified atom stereocenters. The molecule has 0 radical (unpaired) electrons. The molecular weight excluding hydrogens is 310 g/mol. The number of nitrogens with zero attached hydrogens (tertiary/aromatic N) is 2. The molecule has 1 aliphatic heterocycles. The Morgan fingerprint density at radius 3 is 3.00 bits per heavy atom. The molecule has 1 N–H and O–H groups in total. The molecule has 23 heavy (non-hydrogen) atoms. The van der Waals surface area contributed by atoms with E-state index in [0.29, 0.717) is 12.5 Å². The Labute approximate surface area is 140 Å². The van der Waals surface area contributed by atoms with Crippen molar-refractivity contribution in [2.45, 2.75) is 38.6 Å². The highest BCUT2D eigenvalue weighted by atomic mass is 32.1. The van der Waals surface area contributed by atoms with E-state index >= 15 is 0 Å². The lowest BCUT2D eigenvalue weighted by Crippen LogP contribution is -2.47. The normalized spacial score (nSPS) is 15.7. The minimum Gasteiger partial charge on any atom is -0.472 e. The van der Waals surface area contributed by atoms with E-state index in [9.17, 15) is 4.79 Å². The first-order valence-corrected chi connectivity index (χ1v) is 9.13. The first kappa shape index (κ1) is 16.2. The fourth-order valence-corrected chi connectivity index (χ4v) is 3.84. The summed E-state index contributed by atoms with van der Waals surface area (Å²) in [4.78, 5) is 19.4. The van der Waals surface area contributed by atoms with Gasteiger partial charge in [0.25, 0.3) is 0 Å². The Kier molecular flexibility index (Phi) is 5.46. The Bertz CT molecular complexity index is 618. The largest absolute Gasteiger partial charge is 0.472 e. The molecule has 1 amide bonds. The molecule has 2 aromatic heterocycles. The van der Waals surface area contributed by atoms with E-state index in [1.807, 2.05) is 11.4 Å². The van der Waals surface area contributed by atoms with Crippen molar-refractivity contribution in [2.75, 3.05) is 19.6 Å². The lowest BCUT2D eigenvalue weighted by molar-refractivity contribution is -0.133. The van der Waals surface area contributed by atoms with Gasteiger partial charge < -0.3 is 14.6 Å². The number of aromatic nitrogens is 1. The molecule has 0 aromatic carbocycles. The first-order valence-electron chi connectivity index (χ1n) is 8.25. The number of carbonyl (C=O) groups is 1. The zero-order valence-corrected chi connectivity index (χ0v) is 14.3. The van der Waals surface area contributed by atoms with E-state index in [0.717, 1.165) is 55.2 Å². The fourth-order valence-electron chi connectivity index (χ4n) is 3.03. The molecule has 0 bridgehead atoms. The van der Waals surface area contributed by atoms with Gasteiger partial charge in [-0.3, -0.25) is 4.79 Å². The van der Waals surface area contributed by atoms with Crippen LogP contribution in [0.3, 0.4) is 0 Å². The van der Waals surface area contributed by atoms with Crippen LogP contribution in [0.5, 0.6) is 0 Å². The standard InChI is InChI=1S/C17H23N3O2S/c1-2-8-20(15-3-6-18-7-4-15)16(21)10-14-12-23-17(19-14)13-5-9-22-11-13/h5,9,11-12,15,18H,2-4,6-8,10H2,1H3. The number of nitrogens with one attached hydrogen (secondary N) is 1. The second kappa shape index (κ2) is 7.75. The summed E-state index contributed by atoms with van der Waals surface area (Å²) < 4.78 is 5.09. The van der Waals surface area contributed by atoms with Crippen LogP contribution in [-0.2, 0) is 11.2 Å². The van der Waals surface area contributed by atoms with E-state index in [4.69, 9.17) is 4.42 Å². The number of hydrogen-bond donors (Lipinski definition) is 1. The number of rotatable bonds is 6. The van der Waals surface area contributed by atoms with Crippen LogP contribution >= 0.6 is 11.3 Å². The molecule has 1 fully saturated rings. The van der Waals surface area contributed by atoms with Crippen molar-refractivity contribution in [2.24, 2.45) is 0 Å². The van der Waals surface area contributed by atoms with Crippen molar-refractivity contribution in [3.63, 3.8) is 0 Å². The Balaban J connectivity index is 1.66. The molecule has 124 valence electrons. The molecule has 3 rings (SSSR count). The number of amides is 1. The molecule has 3 heterocycles. The van der Waals surface area contributed by atoms with Gasteiger partial charge in [-0.15, -0.1) is 11.3 Å². The van der Waals surface area contributed by atoms with Gasteiger partial charge in [0.2, 0.25) is 5.91 Å². The molecule has 1 aliphatic rings. The highest BCUT2D eigenvalue weighted by Gasteiger charge is 2.25. The zero-order valence-electron chi connectivity index (χ0n) is 13.5. The maximum Gasteiger partial charge on any atom is 0.228 e. The third-order valence-corrected chi connectivity index (χ3v) is 5.13. The summed E-state index contributed by atoms with van der Waals surface area (Å²) in [7, 11) is 0. The molecule has 0 aliphatic carbocycles. The number of carbonyl (C=O) groups excluding carboxylic acids is 1. The van der Waals surface area contributed by atoms with Crippen LogP contribution in [0.25, 0.3) is 10.6 Å². The minimum atomic E-state index is 0.197. The van der Waals surface area contributed by atoms with E-state index in [2.05, 4.69) is 22.1 Å². The summed E-state index contributed by atoms with van der Waals surface area (Å²) in [5.41, 5.74) is 1.82. The highest BCUT2D eigenvalue weighted by Crippen LogP contribution is 2.24. The SMILES string of the molecule is CCCN(C(=O)Cc1csc(-c2ccoc2)n1)C1CCNCC1. The molecule has 0 saturated carbocycles. The predicted octanol–water partition coefficient (Wildman–Crippen LogP) is 2.94. The summed E-state index contributed by atoms with van der Waals surface area (Å²) in [5, 5.41) is 6.25. The Hall–Kier alpha value is -1.66. The van der Waals surface area contributed by atoms with Crippen LogP contribution in [0.4, 0.5) is 0 Å². The Morgan fingerprint density at radius 1 is 1.48 bits per heavy atom. The van der Waals surface area contributed by atoms with Gasteiger partial charge in [-0.05, 0) is 38.4 Å². The average Bonchev–Trinajstić information content (AvgIpc) is 3.24. The molecule has 0 atom stereocenters. The van der Waals surface area contributed by atoms with Gasteiger partial charge in [-0.2, -0.15) is 0 Å². The summed E-state index contributed by atoms with van der Waals surface area (Å²) in [6.07, 6.45) is 6.79. The van der Waals surface area contributed by atoms with Crippen LogP contribution in [0.15, 0.2) is 28.4 Å². The van der Waals surface area contributed by atoms with E-state index < -0.39 is 0 Å². The fraction of sp³-hybridized carbons (Fsp3) is 0.529. The number of furan rings is 1. The van der Waals surface area contributed by atoms with Gasteiger partial charge in [0.15, 0.2) is 0 Å². The number of thiazole rings is 1. The maximum atomic E-state index is 12.7. The molecule has 0 spiro atoms. The second-order valence-corrected chi connectivity index (χ2v) is 6.76. The van der Waals surface area contributed by atoms with Crippen LogP contribution in [0.1, 0.15) is 31.9 Å². The number of hydrogen-bond acceptors (Lipinski definition) is 5. The topological polar surface area (TPSA) is 58.4 Å². The van der Waals surface area contributed by atoms with Crippen molar-refractivity contribution >= 4 is 17.2 Å². The monoisotopic (exact) mass is 333 g/mol. The second-order valence-electron chi connectivity index (χ2n) is 5.90. The predicted molar refractivity (Wildman–Crippen MR) is 91.4 cm³/mol. The highest BCUT2D eigenvalue weighted by molar-refractivity contribution is 7.13. The zero-order chi connectivity index (χ0) is 16.1. The van der Waals surface area contributed by atoms with Gasteiger partial charge in [-0.1, -0.05) is 6.92 Å². The number of piperidine rings is 1. The third kappa shape index (κ3) is 4.00. The van der Waals surface area contributed by atoms with Crippen molar-refractivity contribution in [3.05, 3.63) is 29.7 Å². The van der Waals surface area contributed by atoms with Gasteiger partial charge in [0.1, 0.15) is 11.3 Å². The van der Waals surface area contributed by atoms with Gasteiger partial charge in [0.05, 0.1) is 18.4 Å². The smallest absolute Gasteiger partial charge is 0.228 e. The molecule has 1 saturated heterocycles.